The molecule has 3 rings (SSSR count). The van der Waals surface area contributed by atoms with E-state index in [-0.39, 0.29) is 27.2 Å². The topological polar surface area (TPSA) is 86.5 Å². The van der Waals surface area contributed by atoms with Gasteiger partial charge in [-0.15, -0.1) is 0 Å². The Morgan fingerprint density at radius 1 is 1.11 bits per heavy atom. The van der Waals surface area contributed by atoms with Crippen LogP contribution in [0.5, 0.6) is 0 Å². The van der Waals surface area contributed by atoms with Gasteiger partial charge in [0, 0.05) is 27.9 Å². The van der Waals surface area contributed by atoms with E-state index in [2.05, 4.69) is 4.74 Å². The molecular weight excluding hydrogens is 274 g/mol. The minimum atomic E-state index is -0.909. The van der Waals surface area contributed by atoms with Crippen molar-refractivity contribution >= 4 is 40.0 Å². The van der Waals surface area contributed by atoms with E-state index in [1.54, 1.807) is 0 Å². The minimum Gasteiger partial charge on any atom is -0.386 e. The Morgan fingerprint density at radius 2 is 1.79 bits per heavy atom. The first-order valence-electron chi connectivity index (χ1n) is 5.16. The number of nitro benzene ring substituents is 1. The molecule has 0 amide bonds. The number of hydrogen-bond acceptors (Lipinski definition) is 5. The maximum Gasteiger partial charge on any atom is 0.346 e. The van der Waals surface area contributed by atoms with E-state index < -0.39 is 16.9 Å². The van der Waals surface area contributed by atoms with Crippen LogP contribution in [0, 0.1) is 10.1 Å². The molecule has 0 spiro atoms. The summed E-state index contributed by atoms with van der Waals surface area (Å²) < 4.78 is 4.53. The van der Waals surface area contributed by atoms with Crippen molar-refractivity contribution in [1.29, 1.82) is 0 Å². The predicted molar refractivity (Wildman–Crippen MR) is 65.4 cm³/mol. The third kappa shape index (κ3) is 1.57. The lowest BCUT2D eigenvalue weighted by molar-refractivity contribution is -0.384. The zero-order chi connectivity index (χ0) is 13.7. The molecule has 0 radical (unpaired) electrons. The number of rotatable bonds is 1. The number of benzene rings is 2. The van der Waals surface area contributed by atoms with E-state index in [9.17, 15) is 19.7 Å². The van der Waals surface area contributed by atoms with E-state index in [1.807, 2.05) is 0 Å². The van der Waals surface area contributed by atoms with Gasteiger partial charge in [0.15, 0.2) is 0 Å². The van der Waals surface area contributed by atoms with Gasteiger partial charge >= 0.3 is 11.9 Å². The molecule has 0 bridgehead atoms. The van der Waals surface area contributed by atoms with Crippen molar-refractivity contribution in [2.24, 2.45) is 0 Å². The highest BCUT2D eigenvalue weighted by atomic mass is 35.5. The molecule has 7 heteroatoms. The Bertz CT molecular complexity index is 783. The molecule has 2 aromatic carbocycles. The molecule has 0 atom stereocenters. The first-order chi connectivity index (χ1) is 8.99. The van der Waals surface area contributed by atoms with Crippen LogP contribution in [-0.2, 0) is 4.74 Å². The van der Waals surface area contributed by atoms with Gasteiger partial charge in [0.1, 0.15) is 0 Å². The predicted octanol–water partition coefficient (Wildman–Crippen LogP) is 2.71. The number of ether oxygens (including phenoxy) is 1. The van der Waals surface area contributed by atoms with E-state index >= 15 is 0 Å². The number of hydrogen-bond donors (Lipinski definition) is 0. The van der Waals surface area contributed by atoms with Crippen LogP contribution in [0.1, 0.15) is 20.7 Å². The number of carbonyl (C=O) groups is 2. The summed E-state index contributed by atoms with van der Waals surface area (Å²) in [5.41, 5.74) is -0.141. The summed E-state index contributed by atoms with van der Waals surface area (Å²) in [7, 11) is 0. The number of cyclic esters (lactones) is 2. The molecule has 6 nitrogen and oxygen atoms in total. The minimum absolute atomic E-state index is 0.0266. The van der Waals surface area contributed by atoms with Gasteiger partial charge in [0.25, 0.3) is 5.69 Å². The van der Waals surface area contributed by atoms with E-state index in [4.69, 9.17) is 11.6 Å². The van der Waals surface area contributed by atoms with Crippen molar-refractivity contribution in [1.82, 2.24) is 0 Å². The lowest BCUT2D eigenvalue weighted by Gasteiger charge is -2.15. The molecule has 1 aliphatic heterocycles. The summed E-state index contributed by atoms with van der Waals surface area (Å²) in [6.45, 7) is 0. The van der Waals surface area contributed by atoms with Crippen LogP contribution < -0.4 is 0 Å². The number of non-ortho nitro benzene ring substituents is 1. The molecule has 94 valence electrons. The standard InChI is InChI=1S/C12H4ClNO5/c13-9-2-1-6-10-7(9)3-5(14(17)18)4-8(10)12(16)19-11(6)15/h1-4H. The molecule has 0 saturated carbocycles. The Kier molecular flexibility index (Phi) is 2.30. The van der Waals surface area contributed by atoms with Crippen LogP contribution in [0.15, 0.2) is 24.3 Å². The molecule has 0 unspecified atom stereocenters. The smallest absolute Gasteiger partial charge is 0.346 e. The SMILES string of the molecule is O=C1OC(=O)c2cc([N+](=O)[O-])cc3c(Cl)ccc1c23. The number of nitro groups is 1. The molecular formula is C12H4ClNO5. The fourth-order valence-corrected chi connectivity index (χ4v) is 2.28. The summed E-state index contributed by atoms with van der Waals surface area (Å²) in [4.78, 5) is 33.5. The Morgan fingerprint density at radius 3 is 2.47 bits per heavy atom. The average Bonchev–Trinajstić information content (AvgIpc) is 2.36. The molecule has 0 fully saturated rings. The van der Waals surface area contributed by atoms with Crippen LogP contribution >= 0.6 is 11.6 Å². The lowest BCUT2D eigenvalue weighted by Crippen LogP contribution is -2.19. The van der Waals surface area contributed by atoms with Crippen molar-refractivity contribution in [3.8, 4) is 0 Å². The van der Waals surface area contributed by atoms with Crippen LogP contribution in [0.4, 0.5) is 5.69 Å². The monoisotopic (exact) mass is 277 g/mol. The molecule has 1 heterocycles. The number of esters is 2. The van der Waals surface area contributed by atoms with Crippen molar-refractivity contribution < 1.29 is 19.2 Å². The van der Waals surface area contributed by atoms with E-state index in [0.717, 1.165) is 6.07 Å². The molecule has 2 aromatic rings. The fraction of sp³-hybridized carbons (Fsp3) is 0. The van der Waals surface area contributed by atoms with Gasteiger partial charge in [-0.3, -0.25) is 10.1 Å². The highest BCUT2D eigenvalue weighted by Gasteiger charge is 2.30. The lowest BCUT2D eigenvalue weighted by atomic mass is 9.96. The second-order valence-corrected chi connectivity index (χ2v) is 4.35. The zero-order valence-electron chi connectivity index (χ0n) is 9.18. The van der Waals surface area contributed by atoms with Gasteiger partial charge in [0.2, 0.25) is 0 Å². The zero-order valence-corrected chi connectivity index (χ0v) is 9.93. The summed E-state index contributed by atoms with van der Waals surface area (Å²) >= 11 is 5.97. The molecule has 1 aliphatic rings. The highest BCUT2D eigenvalue weighted by Crippen LogP contribution is 2.36. The van der Waals surface area contributed by atoms with Crippen molar-refractivity contribution in [3.63, 3.8) is 0 Å². The van der Waals surface area contributed by atoms with Gasteiger partial charge in [-0.25, -0.2) is 9.59 Å². The maximum atomic E-state index is 11.7. The van der Waals surface area contributed by atoms with Gasteiger partial charge in [0.05, 0.1) is 16.1 Å². The van der Waals surface area contributed by atoms with E-state index in [1.165, 1.54) is 18.2 Å². The molecule has 0 aromatic heterocycles. The molecule has 0 aliphatic carbocycles. The Labute approximate surface area is 110 Å². The normalized spacial score (nSPS) is 13.5. The second kappa shape index (κ2) is 3.76. The number of nitrogens with zero attached hydrogens (tertiary/aromatic N) is 1. The van der Waals surface area contributed by atoms with Crippen LogP contribution in [0.25, 0.3) is 10.8 Å². The number of carbonyl (C=O) groups excluding carboxylic acids is 2. The maximum absolute atomic E-state index is 11.7. The summed E-state index contributed by atoms with van der Waals surface area (Å²) in [6, 6.07) is 5.17. The largest absolute Gasteiger partial charge is 0.386 e. The van der Waals surface area contributed by atoms with Gasteiger partial charge in [-0.1, -0.05) is 11.6 Å². The van der Waals surface area contributed by atoms with Gasteiger partial charge in [-0.2, -0.15) is 0 Å². The van der Waals surface area contributed by atoms with Crippen molar-refractivity contribution in [2.45, 2.75) is 0 Å². The van der Waals surface area contributed by atoms with Crippen LogP contribution in [-0.4, -0.2) is 16.9 Å². The first-order valence-corrected chi connectivity index (χ1v) is 5.54. The van der Waals surface area contributed by atoms with Crippen molar-refractivity contribution in [2.75, 3.05) is 0 Å². The first kappa shape index (κ1) is 11.6. The number of halogens is 1. The third-order valence-electron chi connectivity index (χ3n) is 2.88. The van der Waals surface area contributed by atoms with Gasteiger partial charge in [-0.05, 0) is 12.1 Å². The Hall–Kier alpha value is -2.47. The summed E-state index contributed by atoms with van der Waals surface area (Å²) in [6.07, 6.45) is 0. The fourth-order valence-electron chi connectivity index (χ4n) is 2.07. The average molecular weight is 278 g/mol. The molecule has 19 heavy (non-hydrogen) atoms. The summed E-state index contributed by atoms with van der Waals surface area (Å²) in [5, 5.41) is 11.6. The highest BCUT2D eigenvalue weighted by molar-refractivity contribution is 6.37. The van der Waals surface area contributed by atoms with Crippen LogP contribution in [0.3, 0.4) is 0 Å². The Balaban J connectivity index is 2.53. The van der Waals surface area contributed by atoms with Crippen LogP contribution in [0.2, 0.25) is 5.02 Å². The van der Waals surface area contributed by atoms with Crippen molar-refractivity contribution in [3.05, 3.63) is 50.5 Å². The molecule has 0 saturated heterocycles. The second-order valence-electron chi connectivity index (χ2n) is 3.94. The quantitative estimate of drug-likeness (QED) is 0.346. The third-order valence-corrected chi connectivity index (χ3v) is 3.21. The van der Waals surface area contributed by atoms with Gasteiger partial charge < -0.3 is 4.74 Å². The molecule has 0 N–H and O–H groups in total. The summed E-state index contributed by atoms with van der Waals surface area (Å²) in [5.74, 6) is -1.69. The van der Waals surface area contributed by atoms with E-state index in [0.29, 0.717) is 5.39 Å².